The van der Waals surface area contributed by atoms with Crippen LogP contribution in [-0.4, -0.2) is 23.9 Å². The number of nitrogens with zero attached hydrogens (tertiary/aromatic N) is 1. The van der Waals surface area contributed by atoms with E-state index in [-0.39, 0.29) is 22.4 Å². The molecule has 9 heteroatoms. The van der Waals surface area contributed by atoms with Crippen LogP contribution in [0.5, 0.6) is 0 Å². The van der Waals surface area contributed by atoms with E-state index in [4.69, 9.17) is 4.74 Å². The molecule has 1 aromatic heterocycles. The van der Waals surface area contributed by atoms with Crippen molar-refractivity contribution in [1.29, 1.82) is 0 Å². The first-order valence-corrected chi connectivity index (χ1v) is 10.4. The fourth-order valence-corrected chi connectivity index (χ4v) is 4.46. The smallest absolute Gasteiger partial charge is 0.341 e. The number of nitro benzene ring substituents is 1. The van der Waals surface area contributed by atoms with Crippen molar-refractivity contribution in [2.45, 2.75) is 13.8 Å². The minimum atomic E-state index is -0.580. The van der Waals surface area contributed by atoms with Gasteiger partial charge in [0, 0.05) is 32.1 Å². The third-order valence-corrected chi connectivity index (χ3v) is 6.13. The van der Waals surface area contributed by atoms with Crippen LogP contribution in [0.2, 0.25) is 0 Å². The predicted molar refractivity (Wildman–Crippen MR) is 119 cm³/mol. The summed E-state index contributed by atoms with van der Waals surface area (Å²) < 4.78 is 5.85. The number of thiophene rings is 1. The van der Waals surface area contributed by atoms with E-state index in [9.17, 15) is 19.7 Å². The maximum atomic E-state index is 12.9. The Morgan fingerprint density at radius 3 is 2.40 bits per heavy atom. The van der Waals surface area contributed by atoms with E-state index in [1.54, 1.807) is 0 Å². The summed E-state index contributed by atoms with van der Waals surface area (Å²) in [6, 6.07) is 11.7. The van der Waals surface area contributed by atoms with E-state index in [2.05, 4.69) is 21.2 Å². The Kier molecular flexibility index (Phi) is 6.33. The maximum absolute atomic E-state index is 12.9. The summed E-state index contributed by atoms with van der Waals surface area (Å²) in [7, 11) is 1.27. The van der Waals surface area contributed by atoms with Gasteiger partial charge in [-0.2, -0.15) is 0 Å². The van der Waals surface area contributed by atoms with Crippen molar-refractivity contribution in [1.82, 2.24) is 0 Å². The molecule has 0 aliphatic rings. The number of hydrogen-bond donors (Lipinski definition) is 1. The molecule has 1 heterocycles. The summed E-state index contributed by atoms with van der Waals surface area (Å²) in [5.74, 6) is -1.12. The predicted octanol–water partition coefficient (Wildman–Crippen LogP) is 5.74. The molecule has 3 aromatic rings. The van der Waals surface area contributed by atoms with E-state index in [1.165, 1.54) is 43.6 Å². The van der Waals surface area contributed by atoms with Crippen molar-refractivity contribution < 1.29 is 19.2 Å². The van der Waals surface area contributed by atoms with Crippen LogP contribution in [0.1, 0.15) is 31.2 Å². The Labute approximate surface area is 185 Å². The number of methoxy groups -OCH3 is 1. The number of carbonyl (C=O) groups excluding carboxylic acids is 2. The number of nitrogens with one attached hydrogen (secondary N) is 1. The number of rotatable bonds is 5. The minimum Gasteiger partial charge on any atom is -0.465 e. The Hall–Kier alpha value is -3.04. The molecule has 0 unspecified atom stereocenters. The summed E-state index contributed by atoms with van der Waals surface area (Å²) >= 11 is 4.63. The number of nitro groups is 1. The fraction of sp³-hybridized carbons (Fsp3) is 0.143. The summed E-state index contributed by atoms with van der Waals surface area (Å²) in [5.41, 5.74) is 1.99. The van der Waals surface area contributed by atoms with Crippen molar-refractivity contribution in [3.8, 4) is 11.1 Å². The number of hydrogen-bond acceptors (Lipinski definition) is 6. The molecule has 0 bridgehead atoms. The Morgan fingerprint density at radius 1 is 1.13 bits per heavy atom. The van der Waals surface area contributed by atoms with Crippen LogP contribution in [0.3, 0.4) is 0 Å². The van der Waals surface area contributed by atoms with Crippen LogP contribution < -0.4 is 5.32 Å². The summed E-state index contributed by atoms with van der Waals surface area (Å²) in [6.45, 7) is 3.37. The van der Waals surface area contributed by atoms with Gasteiger partial charge < -0.3 is 10.1 Å². The van der Waals surface area contributed by atoms with Gasteiger partial charge in [0.2, 0.25) is 0 Å². The highest BCUT2D eigenvalue weighted by molar-refractivity contribution is 9.10. The largest absolute Gasteiger partial charge is 0.465 e. The topological polar surface area (TPSA) is 98.5 Å². The molecule has 3 rings (SSSR count). The molecular formula is C21H17BrN2O5S. The lowest BCUT2D eigenvalue weighted by Crippen LogP contribution is -2.16. The first kappa shape index (κ1) is 21.7. The SMILES string of the molecule is COC(=O)c1c(NC(=O)c2cccc([N+](=O)[O-])c2C)sc(C)c1-c1ccc(Br)cc1. The van der Waals surface area contributed by atoms with Crippen molar-refractivity contribution in [3.63, 3.8) is 0 Å². The summed E-state index contributed by atoms with van der Waals surface area (Å²) in [5, 5.41) is 14.2. The average molecular weight is 489 g/mol. The van der Waals surface area contributed by atoms with Gasteiger partial charge in [-0.15, -0.1) is 11.3 Å². The Morgan fingerprint density at radius 2 is 1.80 bits per heavy atom. The molecule has 0 radical (unpaired) electrons. The van der Waals surface area contributed by atoms with Crippen molar-refractivity contribution in [3.05, 3.63) is 78.6 Å². The first-order valence-electron chi connectivity index (χ1n) is 8.77. The van der Waals surface area contributed by atoms with Gasteiger partial charge in [-0.25, -0.2) is 4.79 Å². The van der Waals surface area contributed by atoms with E-state index in [1.807, 2.05) is 31.2 Å². The number of ether oxygens (including phenoxy) is 1. The highest BCUT2D eigenvalue weighted by Gasteiger charge is 2.26. The fourth-order valence-electron chi connectivity index (χ4n) is 3.13. The molecule has 7 nitrogen and oxygen atoms in total. The number of carbonyl (C=O) groups is 2. The second kappa shape index (κ2) is 8.76. The molecule has 1 N–H and O–H groups in total. The number of aryl methyl sites for hydroxylation is 1. The molecule has 0 fully saturated rings. The minimum absolute atomic E-state index is 0.145. The normalized spacial score (nSPS) is 10.5. The van der Waals surface area contributed by atoms with Gasteiger partial charge in [0.25, 0.3) is 11.6 Å². The third kappa shape index (κ3) is 4.12. The molecular weight excluding hydrogens is 472 g/mol. The molecule has 0 aliphatic heterocycles. The van der Waals surface area contributed by atoms with Gasteiger partial charge in [-0.3, -0.25) is 14.9 Å². The molecule has 0 aliphatic carbocycles. The van der Waals surface area contributed by atoms with E-state index < -0.39 is 16.8 Å². The zero-order chi connectivity index (χ0) is 22.0. The molecule has 0 spiro atoms. The highest BCUT2D eigenvalue weighted by Crippen LogP contribution is 2.41. The monoisotopic (exact) mass is 488 g/mol. The van der Waals surface area contributed by atoms with Crippen LogP contribution in [0.4, 0.5) is 10.7 Å². The van der Waals surface area contributed by atoms with Gasteiger partial charge in [-0.05, 0) is 37.6 Å². The number of amides is 1. The summed E-state index contributed by atoms with van der Waals surface area (Å²) in [4.78, 5) is 36.9. The lowest BCUT2D eigenvalue weighted by molar-refractivity contribution is -0.385. The third-order valence-electron chi connectivity index (χ3n) is 4.58. The van der Waals surface area contributed by atoms with Crippen LogP contribution in [0, 0.1) is 24.0 Å². The number of esters is 1. The molecule has 1 amide bonds. The molecule has 2 aromatic carbocycles. The zero-order valence-electron chi connectivity index (χ0n) is 16.3. The van der Waals surface area contributed by atoms with Crippen LogP contribution in [-0.2, 0) is 4.74 Å². The van der Waals surface area contributed by atoms with Crippen LogP contribution in [0.15, 0.2) is 46.9 Å². The van der Waals surface area contributed by atoms with Gasteiger partial charge in [-0.1, -0.05) is 34.1 Å². The standard InChI is InChI=1S/C21H17BrN2O5S/c1-11-15(5-4-6-16(11)24(27)28)19(25)23-20-18(21(26)29-3)17(12(2)30-20)13-7-9-14(22)10-8-13/h4-10H,1-3H3,(H,23,25). The van der Waals surface area contributed by atoms with Crippen molar-refractivity contribution in [2.75, 3.05) is 12.4 Å². The van der Waals surface area contributed by atoms with Gasteiger partial charge in [0.1, 0.15) is 10.6 Å². The molecule has 30 heavy (non-hydrogen) atoms. The van der Waals surface area contributed by atoms with Crippen molar-refractivity contribution >= 4 is 49.8 Å². The van der Waals surface area contributed by atoms with Gasteiger partial charge in [0.15, 0.2) is 0 Å². The number of benzene rings is 2. The number of halogens is 1. The van der Waals surface area contributed by atoms with E-state index >= 15 is 0 Å². The average Bonchev–Trinajstić information content (AvgIpc) is 3.03. The van der Waals surface area contributed by atoms with Crippen molar-refractivity contribution in [2.24, 2.45) is 0 Å². The zero-order valence-corrected chi connectivity index (χ0v) is 18.7. The molecule has 0 saturated carbocycles. The van der Waals surface area contributed by atoms with Gasteiger partial charge >= 0.3 is 5.97 Å². The lowest BCUT2D eigenvalue weighted by atomic mass is 10.0. The molecule has 154 valence electrons. The second-order valence-corrected chi connectivity index (χ2v) is 8.54. The molecule has 0 saturated heterocycles. The highest BCUT2D eigenvalue weighted by atomic mass is 79.9. The van der Waals surface area contributed by atoms with E-state index in [0.29, 0.717) is 10.6 Å². The summed E-state index contributed by atoms with van der Waals surface area (Å²) in [6.07, 6.45) is 0. The Balaban J connectivity index is 2.07. The quantitative estimate of drug-likeness (QED) is 0.280. The van der Waals surface area contributed by atoms with Crippen LogP contribution in [0.25, 0.3) is 11.1 Å². The maximum Gasteiger partial charge on any atom is 0.341 e. The first-order chi connectivity index (χ1) is 14.2. The second-order valence-electron chi connectivity index (χ2n) is 6.40. The van der Waals surface area contributed by atoms with Crippen LogP contribution >= 0.6 is 27.3 Å². The molecule has 0 atom stereocenters. The lowest BCUT2D eigenvalue weighted by Gasteiger charge is -2.09. The van der Waals surface area contributed by atoms with Gasteiger partial charge in [0.05, 0.1) is 12.0 Å². The van der Waals surface area contributed by atoms with E-state index in [0.717, 1.165) is 14.9 Å². The Bertz CT molecular complexity index is 1150. The number of anilines is 1.